The molecule has 0 fully saturated rings. The van der Waals surface area contributed by atoms with Crippen LogP contribution in [0.1, 0.15) is 26.5 Å². The molecule has 1 N–H and O–H groups in total. The first kappa shape index (κ1) is 17.0. The van der Waals surface area contributed by atoms with E-state index in [0.717, 1.165) is 5.39 Å². The minimum Gasteiger partial charge on any atom is -0.345 e. The van der Waals surface area contributed by atoms with Crippen molar-refractivity contribution < 1.29 is 8.60 Å². The minimum absolute atomic E-state index is 0.103. The zero-order chi connectivity index (χ0) is 17.6. The highest BCUT2D eigenvalue weighted by Crippen LogP contribution is 2.31. The van der Waals surface area contributed by atoms with Crippen molar-refractivity contribution in [2.75, 3.05) is 6.26 Å². The lowest BCUT2D eigenvalue weighted by Crippen LogP contribution is -2.19. The first-order valence-corrected chi connectivity index (χ1v) is 9.16. The Kier molecular flexibility index (Phi) is 4.17. The largest absolute Gasteiger partial charge is 0.345 e. The molecular formula is C16H16ClFN4OS. The number of pyridine rings is 1. The van der Waals surface area contributed by atoms with E-state index in [0.29, 0.717) is 22.1 Å². The van der Waals surface area contributed by atoms with Crippen LogP contribution < -0.4 is 0 Å². The van der Waals surface area contributed by atoms with E-state index >= 15 is 0 Å². The van der Waals surface area contributed by atoms with Gasteiger partial charge in [-0.05, 0) is 6.07 Å². The predicted molar refractivity (Wildman–Crippen MR) is 93.1 cm³/mol. The molecule has 8 heteroatoms. The van der Waals surface area contributed by atoms with Crippen LogP contribution in [0.3, 0.4) is 0 Å². The highest BCUT2D eigenvalue weighted by atomic mass is 35.5. The van der Waals surface area contributed by atoms with Crippen LogP contribution in [0.5, 0.6) is 0 Å². The van der Waals surface area contributed by atoms with Crippen molar-refractivity contribution in [2.24, 2.45) is 0 Å². The Balaban J connectivity index is 2.33. The van der Waals surface area contributed by atoms with Crippen LogP contribution in [0.2, 0.25) is 5.02 Å². The SMILES string of the molecule is CS(=O)c1nc(-c2c[nH]c3ncc(Cl)cc23)nc(C(C)(C)C)c1F. The summed E-state index contributed by atoms with van der Waals surface area (Å²) in [5, 5.41) is 1.09. The Morgan fingerprint density at radius 2 is 2.00 bits per heavy atom. The molecule has 3 rings (SSSR count). The van der Waals surface area contributed by atoms with Crippen LogP contribution in [0.4, 0.5) is 4.39 Å². The quantitative estimate of drug-likeness (QED) is 0.699. The van der Waals surface area contributed by atoms with Crippen LogP contribution in [0.25, 0.3) is 22.4 Å². The van der Waals surface area contributed by atoms with Crippen molar-refractivity contribution in [1.82, 2.24) is 19.9 Å². The van der Waals surface area contributed by atoms with Gasteiger partial charge in [-0.1, -0.05) is 32.4 Å². The zero-order valence-corrected chi connectivity index (χ0v) is 15.2. The lowest BCUT2D eigenvalue weighted by molar-refractivity contribution is 0.479. The van der Waals surface area contributed by atoms with Crippen LogP contribution in [0.15, 0.2) is 23.5 Å². The number of nitrogens with one attached hydrogen (secondary N) is 1. The van der Waals surface area contributed by atoms with Crippen molar-refractivity contribution in [3.63, 3.8) is 0 Å². The first-order valence-electron chi connectivity index (χ1n) is 7.23. The maximum atomic E-state index is 14.7. The Labute approximate surface area is 146 Å². The van der Waals surface area contributed by atoms with E-state index < -0.39 is 22.0 Å². The van der Waals surface area contributed by atoms with Crippen LogP contribution >= 0.6 is 11.6 Å². The number of fused-ring (bicyclic) bond motifs is 1. The van der Waals surface area contributed by atoms with Crippen molar-refractivity contribution in [3.8, 4) is 11.4 Å². The molecule has 3 aromatic rings. The molecule has 0 aliphatic carbocycles. The van der Waals surface area contributed by atoms with Gasteiger partial charge in [-0.15, -0.1) is 0 Å². The van der Waals surface area contributed by atoms with Crippen LogP contribution in [-0.4, -0.2) is 30.4 Å². The van der Waals surface area contributed by atoms with Crippen molar-refractivity contribution in [3.05, 3.63) is 35.0 Å². The highest BCUT2D eigenvalue weighted by molar-refractivity contribution is 7.84. The van der Waals surface area contributed by atoms with Gasteiger partial charge in [-0.3, -0.25) is 4.21 Å². The molecule has 0 saturated heterocycles. The molecule has 0 bridgehead atoms. The summed E-state index contributed by atoms with van der Waals surface area (Å²) < 4.78 is 26.6. The highest BCUT2D eigenvalue weighted by Gasteiger charge is 2.27. The second kappa shape index (κ2) is 5.89. The summed E-state index contributed by atoms with van der Waals surface area (Å²) in [5.74, 6) is -0.329. The number of H-pyrrole nitrogens is 1. The standard InChI is InChI=1S/C16H16ClFN4OS/c1-16(2,3)12-11(18)15(24(4)23)22-14(21-12)10-7-20-13-9(10)5-8(17)6-19-13/h5-7H,1-4H3,(H,19,20). The molecule has 1 atom stereocenters. The maximum absolute atomic E-state index is 14.7. The molecule has 24 heavy (non-hydrogen) atoms. The number of aromatic amines is 1. The van der Waals surface area contributed by atoms with Gasteiger partial charge in [0.1, 0.15) is 5.65 Å². The topological polar surface area (TPSA) is 71.5 Å². The van der Waals surface area contributed by atoms with Gasteiger partial charge in [0.2, 0.25) is 0 Å². The van der Waals surface area contributed by atoms with E-state index in [4.69, 9.17) is 11.6 Å². The van der Waals surface area contributed by atoms with Crippen molar-refractivity contribution in [2.45, 2.75) is 31.2 Å². The van der Waals surface area contributed by atoms with E-state index in [9.17, 15) is 8.60 Å². The summed E-state index contributed by atoms with van der Waals surface area (Å²) >= 11 is 6.02. The average Bonchev–Trinajstić information content (AvgIpc) is 2.89. The third-order valence-corrected chi connectivity index (χ3v) is 4.56. The summed E-state index contributed by atoms with van der Waals surface area (Å²) in [6, 6.07) is 1.74. The number of halogens is 2. The molecule has 0 saturated carbocycles. The van der Waals surface area contributed by atoms with E-state index in [1.54, 1.807) is 12.3 Å². The second-order valence-electron chi connectivity index (χ2n) is 6.47. The van der Waals surface area contributed by atoms with Crippen LogP contribution in [0, 0.1) is 5.82 Å². The summed E-state index contributed by atoms with van der Waals surface area (Å²) in [5.41, 5.74) is 0.927. The minimum atomic E-state index is -1.57. The number of aromatic nitrogens is 4. The lowest BCUT2D eigenvalue weighted by atomic mass is 9.91. The Bertz CT molecular complexity index is 965. The predicted octanol–water partition coefficient (Wildman–Crippen LogP) is 3.85. The van der Waals surface area contributed by atoms with Gasteiger partial charge in [-0.2, -0.15) is 0 Å². The molecular weight excluding hydrogens is 351 g/mol. The third kappa shape index (κ3) is 2.93. The number of nitrogens with zero attached hydrogens (tertiary/aromatic N) is 3. The summed E-state index contributed by atoms with van der Waals surface area (Å²) in [6.07, 6.45) is 4.62. The first-order chi connectivity index (χ1) is 11.2. The zero-order valence-electron chi connectivity index (χ0n) is 13.6. The number of hydrogen-bond acceptors (Lipinski definition) is 4. The van der Waals surface area contributed by atoms with Gasteiger partial charge in [-0.25, -0.2) is 19.3 Å². The molecule has 0 aromatic carbocycles. The second-order valence-corrected chi connectivity index (χ2v) is 8.20. The van der Waals surface area contributed by atoms with E-state index in [2.05, 4.69) is 19.9 Å². The molecule has 3 aromatic heterocycles. The summed E-state index contributed by atoms with van der Waals surface area (Å²) in [4.78, 5) is 15.8. The molecule has 0 radical (unpaired) electrons. The monoisotopic (exact) mass is 366 g/mol. The lowest BCUT2D eigenvalue weighted by Gasteiger charge is -2.20. The van der Waals surface area contributed by atoms with Gasteiger partial charge >= 0.3 is 0 Å². The number of rotatable bonds is 2. The number of hydrogen-bond donors (Lipinski definition) is 1. The fourth-order valence-electron chi connectivity index (χ4n) is 2.40. The van der Waals surface area contributed by atoms with E-state index in [1.807, 2.05) is 20.8 Å². The van der Waals surface area contributed by atoms with Gasteiger partial charge < -0.3 is 4.98 Å². The Morgan fingerprint density at radius 1 is 1.29 bits per heavy atom. The molecule has 3 heterocycles. The fraction of sp³-hybridized carbons (Fsp3) is 0.312. The molecule has 0 aliphatic rings. The van der Waals surface area contributed by atoms with E-state index in [1.165, 1.54) is 12.5 Å². The summed E-state index contributed by atoms with van der Waals surface area (Å²) in [6.45, 7) is 5.54. The normalized spacial score (nSPS) is 13.4. The van der Waals surface area contributed by atoms with Crippen molar-refractivity contribution in [1.29, 1.82) is 0 Å². The van der Waals surface area contributed by atoms with Gasteiger partial charge in [0, 0.05) is 35.0 Å². The van der Waals surface area contributed by atoms with Crippen molar-refractivity contribution >= 4 is 33.4 Å². The molecule has 1 unspecified atom stereocenters. The molecule has 126 valence electrons. The molecule has 0 aliphatic heterocycles. The maximum Gasteiger partial charge on any atom is 0.179 e. The van der Waals surface area contributed by atoms with Gasteiger partial charge in [0.15, 0.2) is 16.7 Å². The smallest absolute Gasteiger partial charge is 0.179 e. The van der Waals surface area contributed by atoms with Gasteiger partial charge in [0.25, 0.3) is 0 Å². The molecule has 5 nitrogen and oxygen atoms in total. The third-order valence-electron chi connectivity index (χ3n) is 3.54. The molecule has 0 amide bonds. The average molecular weight is 367 g/mol. The fourth-order valence-corrected chi connectivity index (χ4v) is 3.12. The summed E-state index contributed by atoms with van der Waals surface area (Å²) in [7, 11) is -1.57. The Morgan fingerprint density at radius 3 is 2.62 bits per heavy atom. The molecule has 0 spiro atoms. The van der Waals surface area contributed by atoms with E-state index in [-0.39, 0.29) is 10.7 Å². The Hall–Kier alpha value is -1.86. The van der Waals surface area contributed by atoms with Gasteiger partial charge in [0.05, 0.1) is 21.5 Å². The van der Waals surface area contributed by atoms with Crippen LogP contribution in [-0.2, 0) is 16.2 Å².